The van der Waals surface area contributed by atoms with E-state index in [4.69, 9.17) is 0 Å². The number of nitro groups is 1. The highest BCUT2D eigenvalue weighted by Crippen LogP contribution is 2.25. The van der Waals surface area contributed by atoms with Gasteiger partial charge in [-0.05, 0) is 49.7 Å². The molecule has 1 amide bonds. The number of aromatic hydroxyl groups is 1. The van der Waals surface area contributed by atoms with E-state index in [9.17, 15) is 20.0 Å². The molecule has 1 aromatic carbocycles. The number of carbonyl (C=O) groups is 1. The summed E-state index contributed by atoms with van der Waals surface area (Å²) in [5.74, 6) is -0.473. The fourth-order valence-corrected chi connectivity index (χ4v) is 3.24. The molecule has 2 heterocycles. The number of hydrogen-bond acceptors (Lipinski definition) is 7. The summed E-state index contributed by atoms with van der Waals surface area (Å²) in [5, 5.41) is 24.6. The van der Waals surface area contributed by atoms with Gasteiger partial charge in [-0.2, -0.15) is 5.10 Å². The van der Waals surface area contributed by atoms with Crippen LogP contribution in [-0.2, 0) is 4.79 Å². The van der Waals surface area contributed by atoms with Crippen LogP contribution in [-0.4, -0.2) is 45.1 Å². The first-order chi connectivity index (χ1) is 13.6. The van der Waals surface area contributed by atoms with Crippen molar-refractivity contribution in [2.24, 2.45) is 5.10 Å². The first-order valence-electron chi connectivity index (χ1n) is 9.00. The van der Waals surface area contributed by atoms with Crippen LogP contribution < -0.4 is 5.43 Å². The zero-order chi connectivity index (χ0) is 19.9. The monoisotopic (exact) mass is 383 g/mol. The predicted octanol–water partition coefficient (Wildman–Crippen LogP) is 2.37. The molecule has 146 valence electrons. The number of pyridine rings is 1. The minimum absolute atomic E-state index is 0.146. The number of benzene rings is 1. The number of hydrogen-bond donors (Lipinski definition) is 2. The molecule has 3 rings (SSSR count). The molecule has 28 heavy (non-hydrogen) atoms. The number of carbonyl (C=O) groups excluding carboxylic acids is 1. The molecule has 9 nitrogen and oxygen atoms in total. The summed E-state index contributed by atoms with van der Waals surface area (Å²) >= 11 is 0. The van der Waals surface area contributed by atoms with Crippen LogP contribution in [0.15, 0.2) is 47.8 Å². The molecule has 0 radical (unpaired) electrons. The second-order valence-corrected chi connectivity index (χ2v) is 6.51. The number of non-ortho nitro benzene ring substituents is 1. The van der Waals surface area contributed by atoms with Gasteiger partial charge in [0.1, 0.15) is 11.8 Å². The molecule has 1 atom stereocenters. The standard InChI is InChI=1S/C19H21N5O4/c25-17-5-4-16(24(27)28)12-15(17)13-21-22-19(26)18(14-6-8-20-9-7-14)23-10-2-1-3-11-23/h4-9,12-13,18,25H,1-3,10-11H2,(H,22,26)/b21-13-/t18-/m0/s1. The predicted molar refractivity (Wildman–Crippen MR) is 103 cm³/mol. The van der Waals surface area contributed by atoms with Crippen molar-refractivity contribution in [3.05, 3.63) is 64.0 Å². The zero-order valence-corrected chi connectivity index (χ0v) is 15.2. The zero-order valence-electron chi connectivity index (χ0n) is 15.2. The van der Waals surface area contributed by atoms with Gasteiger partial charge in [-0.3, -0.25) is 24.8 Å². The first-order valence-corrected chi connectivity index (χ1v) is 9.00. The van der Waals surface area contributed by atoms with Crippen molar-refractivity contribution < 1.29 is 14.8 Å². The summed E-state index contributed by atoms with van der Waals surface area (Å²) in [6, 6.07) is 6.70. The fourth-order valence-electron chi connectivity index (χ4n) is 3.24. The van der Waals surface area contributed by atoms with E-state index in [-0.39, 0.29) is 22.9 Å². The van der Waals surface area contributed by atoms with Crippen LogP contribution in [0.4, 0.5) is 5.69 Å². The second-order valence-electron chi connectivity index (χ2n) is 6.51. The lowest BCUT2D eigenvalue weighted by atomic mass is 10.0. The number of nitro benzene ring substituents is 1. The molecule has 2 aromatic rings. The number of amides is 1. The van der Waals surface area contributed by atoms with E-state index >= 15 is 0 Å². The maximum absolute atomic E-state index is 12.8. The van der Waals surface area contributed by atoms with Gasteiger partial charge in [0.05, 0.1) is 11.1 Å². The number of phenols is 1. The lowest BCUT2D eigenvalue weighted by molar-refractivity contribution is -0.384. The van der Waals surface area contributed by atoms with E-state index < -0.39 is 11.0 Å². The molecule has 1 saturated heterocycles. The Morgan fingerprint density at radius 2 is 1.96 bits per heavy atom. The van der Waals surface area contributed by atoms with E-state index in [0.717, 1.165) is 37.9 Å². The molecule has 0 saturated carbocycles. The summed E-state index contributed by atoms with van der Waals surface area (Å²) in [4.78, 5) is 29.2. The van der Waals surface area contributed by atoms with Crippen molar-refractivity contribution >= 4 is 17.8 Å². The van der Waals surface area contributed by atoms with Gasteiger partial charge >= 0.3 is 0 Å². The second kappa shape index (κ2) is 9.05. The van der Waals surface area contributed by atoms with Gasteiger partial charge in [-0.1, -0.05) is 6.42 Å². The summed E-state index contributed by atoms with van der Waals surface area (Å²) in [6.45, 7) is 1.63. The molecule has 0 unspecified atom stereocenters. The minimum Gasteiger partial charge on any atom is -0.507 e. The van der Waals surface area contributed by atoms with Crippen LogP contribution in [0.1, 0.15) is 36.4 Å². The van der Waals surface area contributed by atoms with Gasteiger partial charge in [-0.15, -0.1) is 0 Å². The molecule has 9 heteroatoms. The van der Waals surface area contributed by atoms with Crippen LogP contribution in [0, 0.1) is 10.1 Å². The van der Waals surface area contributed by atoms with Crippen molar-refractivity contribution in [3.8, 4) is 5.75 Å². The molecule has 1 aliphatic heterocycles. The van der Waals surface area contributed by atoms with Crippen molar-refractivity contribution in [1.29, 1.82) is 0 Å². The Hall–Kier alpha value is -3.33. The highest BCUT2D eigenvalue weighted by molar-refractivity contribution is 5.87. The van der Waals surface area contributed by atoms with Crippen LogP contribution in [0.5, 0.6) is 5.75 Å². The largest absolute Gasteiger partial charge is 0.507 e. The molecule has 1 aliphatic rings. The summed E-state index contributed by atoms with van der Waals surface area (Å²) < 4.78 is 0. The molecular weight excluding hydrogens is 362 g/mol. The first kappa shape index (κ1) is 19.4. The minimum atomic E-state index is -0.564. The topological polar surface area (TPSA) is 121 Å². The van der Waals surface area contributed by atoms with Crippen molar-refractivity contribution in [2.45, 2.75) is 25.3 Å². The van der Waals surface area contributed by atoms with E-state index in [0.29, 0.717) is 0 Å². The van der Waals surface area contributed by atoms with Crippen LogP contribution in [0.3, 0.4) is 0 Å². The van der Waals surface area contributed by atoms with E-state index in [2.05, 4.69) is 20.4 Å². The quantitative estimate of drug-likeness (QED) is 0.449. The van der Waals surface area contributed by atoms with Gasteiger partial charge in [0.25, 0.3) is 11.6 Å². The molecule has 0 spiro atoms. The Bertz CT molecular complexity index is 866. The Morgan fingerprint density at radius 3 is 2.64 bits per heavy atom. The number of nitrogens with zero attached hydrogens (tertiary/aromatic N) is 4. The number of piperidine rings is 1. The number of likely N-dealkylation sites (tertiary alicyclic amines) is 1. The highest BCUT2D eigenvalue weighted by Gasteiger charge is 2.28. The number of hydrazone groups is 1. The van der Waals surface area contributed by atoms with E-state index in [1.807, 2.05) is 0 Å². The van der Waals surface area contributed by atoms with Crippen LogP contribution >= 0.6 is 0 Å². The number of phenolic OH excluding ortho intramolecular Hbond substituents is 1. The number of nitrogens with one attached hydrogen (secondary N) is 1. The number of aromatic nitrogens is 1. The van der Waals surface area contributed by atoms with E-state index in [1.165, 1.54) is 24.4 Å². The third kappa shape index (κ3) is 4.68. The lowest BCUT2D eigenvalue weighted by Crippen LogP contribution is -2.41. The molecule has 1 aromatic heterocycles. The van der Waals surface area contributed by atoms with Crippen LogP contribution in [0.25, 0.3) is 0 Å². The maximum atomic E-state index is 12.8. The Morgan fingerprint density at radius 1 is 1.25 bits per heavy atom. The number of rotatable bonds is 6. The average molecular weight is 383 g/mol. The Labute approximate surface area is 161 Å². The van der Waals surface area contributed by atoms with Gasteiger partial charge in [-0.25, -0.2) is 5.43 Å². The molecule has 1 fully saturated rings. The van der Waals surface area contributed by atoms with Gasteiger partial charge in [0.15, 0.2) is 0 Å². The van der Waals surface area contributed by atoms with E-state index in [1.54, 1.807) is 24.5 Å². The third-order valence-electron chi connectivity index (χ3n) is 4.63. The maximum Gasteiger partial charge on any atom is 0.270 e. The Kier molecular flexibility index (Phi) is 6.28. The highest BCUT2D eigenvalue weighted by atomic mass is 16.6. The normalized spacial score (nSPS) is 16.0. The van der Waals surface area contributed by atoms with Gasteiger partial charge in [0, 0.05) is 30.1 Å². The van der Waals surface area contributed by atoms with Crippen molar-refractivity contribution in [2.75, 3.05) is 13.1 Å². The fraction of sp³-hybridized carbons (Fsp3) is 0.316. The van der Waals surface area contributed by atoms with Gasteiger partial charge in [0.2, 0.25) is 0 Å². The molecule has 0 bridgehead atoms. The smallest absolute Gasteiger partial charge is 0.270 e. The molecule has 0 aliphatic carbocycles. The van der Waals surface area contributed by atoms with Crippen molar-refractivity contribution in [1.82, 2.24) is 15.3 Å². The molecular formula is C19H21N5O4. The Balaban J connectivity index is 1.76. The molecule has 2 N–H and O–H groups in total. The SMILES string of the molecule is O=C(N/N=C\c1cc([N+](=O)[O-])ccc1O)[C@H](c1ccncc1)N1CCCCC1. The van der Waals surface area contributed by atoms with Crippen molar-refractivity contribution in [3.63, 3.8) is 0 Å². The third-order valence-corrected chi connectivity index (χ3v) is 4.63. The lowest BCUT2D eigenvalue weighted by Gasteiger charge is -2.33. The van der Waals surface area contributed by atoms with Crippen LogP contribution in [0.2, 0.25) is 0 Å². The average Bonchev–Trinajstić information content (AvgIpc) is 2.71. The summed E-state index contributed by atoms with van der Waals surface area (Å²) in [7, 11) is 0. The summed E-state index contributed by atoms with van der Waals surface area (Å²) in [5.41, 5.74) is 3.29. The summed E-state index contributed by atoms with van der Waals surface area (Å²) in [6.07, 6.45) is 7.68. The van der Waals surface area contributed by atoms with Gasteiger partial charge < -0.3 is 5.11 Å².